The van der Waals surface area contributed by atoms with Gasteiger partial charge in [0, 0.05) is 0 Å². The fourth-order valence-corrected chi connectivity index (χ4v) is 2.63. The molecule has 0 aliphatic rings. The zero-order valence-electron chi connectivity index (χ0n) is 12.9. The number of carbonyl (C=O) groups excluding carboxylic acids is 1. The van der Waals surface area contributed by atoms with Crippen LogP contribution >= 0.6 is 11.8 Å². The lowest BCUT2D eigenvalue weighted by Crippen LogP contribution is -2.18. The summed E-state index contributed by atoms with van der Waals surface area (Å²) < 4.78 is 41.3. The molecule has 3 aromatic rings. The fourth-order valence-electron chi connectivity index (χ4n) is 2.00. The molecule has 0 atom stereocenters. The third-order valence-electron chi connectivity index (χ3n) is 3.14. The Bertz CT molecular complexity index is 909. The van der Waals surface area contributed by atoms with Gasteiger partial charge in [-0.25, -0.2) is 14.3 Å². The summed E-state index contributed by atoms with van der Waals surface area (Å²) in [6.45, 7) is 0. The van der Waals surface area contributed by atoms with Crippen molar-refractivity contribution < 1.29 is 18.0 Å². The Morgan fingerprint density at radius 2 is 2.12 bits per heavy atom. The van der Waals surface area contributed by atoms with E-state index >= 15 is 0 Å². The van der Waals surface area contributed by atoms with Crippen LogP contribution in [-0.4, -0.2) is 41.3 Å². The van der Waals surface area contributed by atoms with Crippen LogP contribution in [0.15, 0.2) is 42.3 Å². The van der Waals surface area contributed by atoms with E-state index in [1.54, 1.807) is 0 Å². The molecule has 0 bridgehead atoms. The van der Waals surface area contributed by atoms with Crippen LogP contribution in [0.2, 0.25) is 0 Å². The Hall–Kier alpha value is -3.09. The highest BCUT2D eigenvalue weighted by molar-refractivity contribution is 7.99. The molecule has 136 valence electrons. The normalized spacial score (nSPS) is 11.5. The van der Waals surface area contributed by atoms with Crippen molar-refractivity contribution in [1.82, 2.24) is 29.6 Å². The summed E-state index contributed by atoms with van der Waals surface area (Å²) in [7, 11) is 0. The van der Waals surface area contributed by atoms with Crippen molar-refractivity contribution in [1.29, 1.82) is 0 Å². The lowest BCUT2D eigenvalue weighted by atomic mass is 10.1. The number of amides is 1. The first kappa shape index (κ1) is 17.7. The zero-order chi connectivity index (χ0) is 18.7. The number of thioether (sulfide) groups is 1. The minimum atomic E-state index is -4.55. The smallest absolute Gasteiger partial charge is 0.336 e. The molecule has 0 spiro atoms. The molecule has 0 saturated carbocycles. The number of nitrogens with zero attached hydrogens (tertiary/aromatic N) is 6. The number of aromatic nitrogens is 6. The topological polar surface area (TPSA) is 117 Å². The summed E-state index contributed by atoms with van der Waals surface area (Å²) >= 11 is 0.989. The fraction of sp³-hybridized carbons (Fsp3) is 0.154. The second kappa shape index (κ2) is 7.03. The van der Waals surface area contributed by atoms with Crippen molar-refractivity contribution in [3.8, 4) is 5.69 Å². The van der Waals surface area contributed by atoms with Gasteiger partial charge in [-0.1, -0.05) is 11.8 Å². The standard InChI is InChI=1S/C13H11F3N8OS/c14-13(15,16)8-1-2-10(24-6-18-5-20-24)9(3-8)21-11(25)4-26-12-22-19-7-23(12)17/h1-3,5-7H,4,17H2,(H,21,25). The molecular weight excluding hydrogens is 373 g/mol. The summed E-state index contributed by atoms with van der Waals surface area (Å²) in [6.07, 6.45) is -0.752. The summed E-state index contributed by atoms with van der Waals surface area (Å²) in [6, 6.07) is 2.94. The lowest BCUT2D eigenvalue weighted by molar-refractivity contribution is -0.137. The van der Waals surface area contributed by atoms with Gasteiger partial charge in [-0.3, -0.25) is 4.79 Å². The second-order valence-electron chi connectivity index (χ2n) is 4.93. The van der Waals surface area contributed by atoms with Crippen molar-refractivity contribution in [2.45, 2.75) is 11.3 Å². The Morgan fingerprint density at radius 1 is 1.31 bits per heavy atom. The van der Waals surface area contributed by atoms with Gasteiger partial charge in [-0.2, -0.15) is 18.3 Å². The lowest BCUT2D eigenvalue weighted by Gasteiger charge is -2.14. The van der Waals surface area contributed by atoms with Gasteiger partial charge in [0.05, 0.1) is 22.7 Å². The molecule has 0 fully saturated rings. The largest absolute Gasteiger partial charge is 0.416 e. The summed E-state index contributed by atoms with van der Waals surface area (Å²) in [5, 5.41) is 13.9. The molecule has 26 heavy (non-hydrogen) atoms. The van der Waals surface area contributed by atoms with Gasteiger partial charge in [0.15, 0.2) is 0 Å². The number of nitrogens with two attached hydrogens (primary N) is 1. The van der Waals surface area contributed by atoms with Gasteiger partial charge in [0.25, 0.3) is 0 Å². The van der Waals surface area contributed by atoms with E-state index < -0.39 is 17.6 Å². The molecule has 9 nitrogen and oxygen atoms in total. The summed E-state index contributed by atoms with van der Waals surface area (Å²) in [4.78, 5) is 15.9. The number of rotatable bonds is 5. The molecule has 0 aliphatic carbocycles. The summed E-state index contributed by atoms with van der Waals surface area (Å²) in [5.74, 6) is 4.87. The highest BCUT2D eigenvalue weighted by Gasteiger charge is 2.31. The SMILES string of the molecule is Nn1cnnc1SCC(=O)Nc1cc(C(F)(F)F)ccc1-n1cncn1. The van der Waals surface area contributed by atoms with Crippen molar-refractivity contribution in [2.75, 3.05) is 16.9 Å². The van der Waals surface area contributed by atoms with E-state index in [4.69, 9.17) is 5.84 Å². The Morgan fingerprint density at radius 3 is 2.73 bits per heavy atom. The minimum absolute atomic E-state index is 0.0508. The van der Waals surface area contributed by atoms with Crippen LogP contribution < -0.4 is 11.2 Å². The van der Waals surface area contributed by atoms with E-state index in [0.717, 1.165) is 28.6 Å². The third kappa shape index (κ3) is 3.93. The molecule has 0 saturated heterocycles. The maximum Gasteiger partial charge on any atom is 0.416 e. The molecule has 13 heteroatoms. The number of benzene rings is 1. The van der Waals surface area contributed by atoms with Crippen LogP contribution in [0.4, 0.5) is 18.9 Å². The first-order valence-corrected chi connectivity index (χ1v) is 7.97. The molecule has 0 unspecified atom stereocenters. The molecule has 3 N–H and O–H groups in total. The van der Waals surface area contributed by atoms with Crippen molar-refractivity contribution in [2.24, 2.45) is 0 Å². The monoisotopic (exact) mass is 384 g/mol. The number of nitrogens with one attached hydrogen (secondary N) is 1. The number of anilines is 1. The molecule has 2 heterocycles. The highest BCUT2D eigenvalue weighted by Crippen LogP contribution is 2.33. The van der Waals surface area contributed by atoms with Crippen LogP contribution in [0, 0.1) is 0 Å². The summed E-state index contributed by atoms with van der Waals surface area (Å²) in [5.41, 5.74) is -0.702. The number of halogens is 3. The average molecular weight is 384 g/mol. The molecule has 2 aromatic heterocycles. The quantitative estimate of drug-likeness (QED) is 0.503. The van der Waals surface area contributed by atoms with Gasteiger partial charge in [0.2, 0.25) is 11.1 Å². The molecule has 1 amide bonds. The zero-order valence-corrected chi connectivity index (χ0v) is 13.7. The van der Waals surface area contributed by atoms with E-state index in [-0.39, 0.29) is 17.1 Å². The maximum atomic E-state index is 13.0. The van der Waals surface area contributed by atoms with E-state index in [2.05, 4.69) is 25.6 Å². The van der Waals surface area contributed by atoms with Crippen LogP contribution in [0.5, 0.6) is 0 Å². The number of hydrogen-bond acceptors (Lipinski definition) is 7. The molecule has 0 aliphatic heterocycles. The van der Waals surface area contributed by atoms with Crippen LogP contribution in [0.1, 0.15) is 5.56 Å². The van der Waals surface area contributed by atoms with E-state index in [0.29, 0.717) is 5.16 Å². The first-order chi connectivity index (χ1) is 12.3. The average Bonchev–Trinajstić information content (AvgIpc) is 3.24. The van der Waals surface area contributed by atoms with E-state index in [1.807, 2.05) is 0 Å². The van der Waals surface area contributed by atoms with Gasteiger partial charge in [-0.15, -0.1) is 10.2 Å². The van der Waals surface area contributed by atoms with Gasteiger partial charge < -0.3 is 11.2 Å². The van der Waals surface area contributed by atoms with Crippen LogP contribution in [0.3, 0.4) is 0 Å². The van der Waals surface area contributed by atoms with E-state index in [9.17, 15) is 18.0 Å². The molecule has 0 radical (unpaired) electrons. The Labute approximate surface area is 148 Å². The van der Waals surface area contributed by atoms with Crippen molar-refractivity contribution in [3.63, 3.8) is 0 Å². The number of hydrogen-bond donors (Lipinski definition) is 2. The van der Waals surface area contributed by atoms with Gasteiger partial charge >= 0.3 is 6.18 Å². The Balaban J connectivity index is 1.82. The van der Waals surface area contributed by atoms with Gasteiger partial charge in [-0.05, 0) is 18.2 Å². The van der Waals surface area contributed by atoms with Crippen LogP contribution in [-0.2, 0) is 11.0 Å². The number of alkyl halides is 3. The number of nitrogen functional groups attached to an aromatic ring is 1. The molecular formula is C13H11F3N8OS. The second-order valence-corrected chi connectivity index (χ2v) is 5.87. The van der Waals surface area contributed by atoms with E-state index in [1.165, 1.54) is 29.7 Å². The maximum absolute atomic E-state index is 13.0. The predicted octanol–water partition coefficient (Wildman–Crippen LogP) is 1.32. The predicted molar refractivity (Wildman–Crippen MR) is 85.9 cm³/mol. The van der Waals surface area contributed by atoms with Crippen molar-refractivity contribution >= 4 is 23.4 Å². The first-order valence-electron chi connectivity index (χ1n) is 6.98. The van der Waals surface area contributed by atoms with Gasteiger partial charge in [0.1, 0.15) is 19.0 Å². The Kier molecular flexibility index (Phi) is 4.79. The molecule has 3 rings (SSSR count). The van der Waals surface area contributed by atoms with Crippen molar-refractivity contribution in [3.05, 3.63) is 42.7 Å². The van der Waals surface area contributed by atoms with Crippen LogP contribution in [0.25, 0.3) is 5.69 Å². The molecule has 1 aromatic carbocycles. The highest BCUT2D eigenvalue weighted by atomic mass is 32.2. The third-order valence-corrected chi connectivity index (χ3v) is 4.09. The number of carbonyl (C=O) groups is 1. The minimum Gasteiger partial charge on any atom is -0.336 e.